The molecule has 0 radical (unpaired) electrons. The number of thiol groups is 1. The molecule has 0 aromatic carbocycles. The van der Waals surface area contributed by atoms with Gasteiger partial charge >= 0.3 is 11.9 Å². The number of hydrogen-bond acceptors (Lipinski definition) is 8. The normalized spacial score (nSPS) is 18.2. The van der Waals surface area contributed by atoms with Crippen molar-refractivity contribution in [1.29, 1.82) is 0 Å². The Hall–Kier alpha value is -3.13. The van der Waals surface area contributed by atoms with Gasteiger partial charge in [0.1, 0.15) is 18.1 Å². The summed E-state index contributed by atoms with van der Waals surface area (Å²) in [6.07, 6.45) is 3.06. The minimum Gasteiger partial charge on any atom is -0.481 e. The highest BCUT2D eigenvalue weighted by atomic mass is 32.1. The van der Waals surface area contributed by atoms with Crippen LogP contribution in [0.3, 0.4) is 0 Å². The van der Waals surface area contributed by atoms with Crippen molar-refractivity contribution in [2.45, 2.75) is 56.3 Å². The number of aromatic nitrogens is 2. The van der Waals surface area contributed by atoms with Gasteiger partial charge in [-0.2, -0.15) is 12.6 Å². The molecule has 3 amide bonds. The van der Waals surface area contributed by atoms with Crippen LogP contribution in [0.2, 0.25) is 0 Å². The van der Waals surface area contributed by atoms with Gasteiger partial charge in [0.15, 0.2) is 0 Å². The largest absolute Gasteiger partial charge is 0.481 e. The van der Waals surface area contributed by atoms with Crippen LogP contribution in [0.4, 0.5) is 0 Å². The SMILES string of the molecule is NC(CS)C(=O)NC(Cc1cnc[nH]1)C(=O)N1CCCC1C(=O)NC(CCC(=O)O)C(=O)O. The molecule has 33 heavy (non-hydrogen) atoms. The third-order valence-electron chi connectivity index (χ3n) is 5.23. The number of carboxylic acids is 2. The molecule has 0 spiro atoms. The molecule has 0 bridgehead atoms. The van der Waals surface area contributed by atoms with Crippen LogP contribution in [0, 0.1) is 0 Å². The number of carbonyl (C=O) groups excluding carboxylic acids is 3. The van der Waals surface area contributed by atoms with E-state index in [0.717, 1.165) is 0 Å². The summed E-state index contributed by atoms with van der Waals surface area (Å²) in [4.78, 5) is 68.6. The average molecular weight is 485 g/mol. The van der Waals surface area contributed by atoms with Crippen molar-refractivity contribution >= 4 is 42.3 Å². The molecule has 1 aliphatic heterocycles. The van der Waals surface area contributed by atoms with E-state index in [1.54, 1.807) is 0 Å². The number of hydrogen-bond donors (Lipinski definition) is 7. The van der Waals surface area contributed by atoms with E-state index in [1.165, 1.54) is 17.4 Å². The molecule has 1 aromatic heterocycles. The van der Waals surface area contributed by atoms with Crippen LogP contribution in [0.1, 0.15) is 31.4 Å². The number of aliphatic carboxylic acids is 2. The number of nitrogens with two attached hydrogens (primary N) is 1. The van der Waals surface area contributed by atoms with Crippen LogP contribution in [0.25, 0.3) is 0 Å². The highest BCUT2D eigenvalue weighted by Crippen LogP contribution is 2.20. The van der Waals surface area contributed by atoms with Crippen molar-refractivity contribution in [3.8, 4) is 0 Å². The van der Waals surface area contributed by atoms with E-state index in [0.29, 0.717) is 18.5 Å². The number of carboxylic acid groups (broad SMARTS) is 2. The minimum absolute atomic E-state index is 0.0679. The summed E-state index contributed by atoms with van der Waals surface area (Å²) in [5, 5.41) is 23.0. The van der Waals surface area contributed by atoms with Crippen molar-refractivity contribution in [3.05, 3.63) is 18.2 Å². The molecule has 4 atom stereocenters. The number of amides is 3. The number of likely N-dealkylation sites (tertiary alicyclic amines) is 1. The van der Waals surface area contributed by atoms with E-state index in [9.17, 15) is 29.1 Å². The van der Waals surface area contributed by atoms with E-state index in [1.807, 2.05) is 0 Å². The van der Waals surface area contributed by atoms with E-state index in [2.05, 4.69) is 33.2 Å². The Labute approximate surface area is 194 Å². The third kappa shape index (κ3) is 7.46. The fourth-order valence-corrected chi connectivity index (χ4v) is 3.64. The zero-order valence-corrected chi connectivity index (χ0v) is 18.7. The minimum atomic E-state index is -1.40. The lowest BCUT2D eigenvalue weighted by Gasteiger charge is -2.29. The Kier molecular flexibility index (Phi) is 9.66. The molecular weight excluding hydrogens is 456 g/mol. The average Bonchev–Trinajstić information content (AvgIpc) is 3.46. The molecule has 1 saturated heterocycles. The zero-order chi connectivity index (χ0) is 24.5. The van der Waals surface area contributed by atoms with Gasteiger partial charge < -0.3 is 36.5 Å². The fraction of sp³-hybridized carbons (Fsp3) is 0.579. The van der Waals surface area contributed by atoms with Gasteiger partial charge in [-0.15, -0.1) is 0 Å². The summed E-state index contributed by atoms with van der Waals surface area (Å²) >= 11 is 3.99. The van der Waals surface area contributed by atoms with Crippen LogP contribution in [-0.2, 0) is 30.4 Å². The summed E-state index contributed by atoms with van der Waals surface area (Å²) in [6.45, 7) is 0.234. The smallest absolute Gasteiger partial charge is 0.326 e. The Morgan fingerprint density at radius 3 is 2.55 bits per heavy atom. The second-order valence-electron chi connectivity index (χ2n) is 7.65. The molecule has 1 aliphatic rings. The first-order valence-corrected chi connectivity index (χ1v) is 11.0. The fourth-order valence-electron chi connectivity index (χ4n) is 3.47. The van der Waals surface area contributed by atoms with Crippen molar-refractivity contribution in [3.63, 3.8) is 0 Å². The molecule has 14 heteroatoms. The highest BCUT2D eigenvalue weighted by molar-refractivity contribution is 7.80. The van der Waals surface area contributed by atoms with Crippen LogP contribution in [0.5, 0.6) is 0 Å². The highest BCUT2D eigenvalue weighted by Gasteiger charge is 2.39. The maximum absolute atomic E-state index is 13.3. The van der Waals surface area contributed by atoms with Gasteiger partial charge in [0.2, 0.25) is 17.7 Å². The van der Waals surface area contributed by atoms with E-state index < -0.39 is 60.2 Å². The first-order valence-electron chi connectivity index (χ1n) is 10.3. The van der Waals surface area contributed by atoms with Crippen LogP contribution in [-0.4, -0.2) is 91.2 Å². The molecule has 1 aromatic rings. The number of aromatic amines is 1. The van der Waals surface area contributed by atoms with Gasteiger partial charge in [-0.3, -0.25) is 19.2 Å². The second-order valence-corrected chi connectivity index (χ2v) is 8.02. The number of rotatable bonds is 12. The van der Waals surface area contributed by atoms with E-state index in [-0.39, 0.29) is 25.1 Å². The van der Waals surface area contributed by atoms with Crippen molar-refractivity contribution in [1.82, 2.24) is 25.5 Å². The molecule has 0 saturated carbocycles. The van der Waals surface area contributed by atoms with Crippen molar-refractivity contribution in [2.75, 3.05) is 12.3 Å². The Bertz CT molecular complexity index is 865. The number of nitrogens with zero attached hydrogens (tertiary/aromatic N) is 2. The molecule has 2 rings (SSSR count). The number of nitrogens with one attached hydrogen (secondary N) is 3. The van der Waals surface area contributed by atoms with E-state index in [4.69, 9.17) is 10.8 Å². The maximum atomic E-state index is 13.3. The quantitative estimate of drug-likeness (QED) is 0.165. The molecule has 1 fully saturated rings. The number of imidazole rings is 1. The number of H-pyrrole nitrogens is 1. The standard InChI is InChI=1S/C19H28N6O7S/c20-11(8-33)16(28)24-13(6-10-7-21-9-22-10)18(30)25-5-1-2-14(25)17(29)23-12(19(31)32)3-4-15(26)27/h7,9,11-14,33H,1-6,8,20H2,(H,21,22)(H,23,29)(H,24,28)(H,26,27)(H,31,32). The molecule has 7 N–H and O–H groups in total. The zero-order valence-electron chi connectivity index (χ0n) is 17.8. The van der Waals surface area contributed by atoms with Crippen molar-refractivity contribution < 1.29 is 34.2 Å². The summed E-state index contributed by atoms with van der Waals surface area (Å²) < 4.78 is 0. The van der Waals surface area contributed by atoms with Gasteiger partial charge in [0, 0.05) is 37.0 Å². The lowest BCUT2D eigenvalue weighted by Crippen LogP contribution is -2.57. The first kappa shape index (κ1) is 26.1. The van der Waals surface area contributed by atoms with Crippen LogP contribution >= 0.6 is 12.6 Å². The van der Waals surface area contributed by atoms with Crippen LogP contribution < -0.4 is 16.4 Å². The first-order chi connectivity index (χ1) is 15.6. The summed E-state index contributed by atoms with van der Waals surface area (Å²) in [5.74, 6) is -4.30. The predicted octanol–water partition coefficient (Wildman–Crippen LogP) is -1.88. The van der Waals surface area contributed by atoms with Gasteiger partial charge in [-0.05, 0) is 19.3 Å². The third-order valence-corrected chi connectivity index (χ3v) is 5.62. The molecular formula is C19H28N6O7S. The van der Waals surface area contributed by atoms with Crippen LogP contribution in [0.15, 0.2) is 12.5 Å². The van der Waals surface area contributed by atoms with Gasteiger partial charge in [0.05, 0.1) is 12.4 Å². The lowest BCUT2D eigenvalue weighted by molar-refractivity contribution is -0.145. The Morgan fingerprint density at radius 2 is 1.97 bits per heavy atom. The number of carbonyl (C=O) groups is 5. The molecule has 0 aliphatic carbocycles. The monoisotopic (exact) mass is 484 g/mol. The van der Waals surface area contributed by atoms with E-state index >= 15 is 0 Å². The molecule has 182 valence electrons. The maximum Gasteiger partial charge on any atom is 0.326 e. The van der Waals surface area contributed by atoms with Gasteiger partial charge in [0.25, 0.3) is 0 Å². The second kappa shape index (κ2) is 12.2. The van der Waals surface area contributed by atoms with Gasteiger partial charge in [-0.25, -0.2) is 9.78 Å². The molecule has 13 nitrogen and oxygen atoms in total. The summed E-state index contributed by atoms with van der Waals surface area (Å²) in [5.41, 5.74) is 6.28. The molecule has 2 heterocycles. The van der Waals surface area contributed by atoms with Gasteiger partial charge in [-0.1, -0.05) is 0 Å². The predicted molar refractivity (Wildman–Crippen MR) is 117 cm³/mol. The summed E-state index contributed by atoms with van der Waals surface area (Å²) in [7, 11) is 0. The lowest BCUT2D eigenvalue weighted by atomic mass is 10.1. The van der Waals surface area contributed by atoms with Crippen molar-refractivity contribution in [2.24, 2.45) is 5.73 Å². The topological polar surface area (TPSA) is 208 Å². The molecule has 4 unspecified atom stereocenters. The Balaban J connectivity index is 2.15. The Morgan fingerprint density at radius 1 is 1.24 bits per heavy atom. The summed E-state index contributed by atoms with van der Waals surface area (Å²) in [6, 6.07) is -4.34.